The molecule has 0 radical (unpaired) electrons. The average Bonchev–Trinajstić information content (AvgIpc) is 2.23. The maximum atomic E-state index is 3.46. The second-order valence-electron chi connectivity index (χ2n) is 3.09. The predicted octanol–water partition coefficient (Wildman–Crippen LogP) is 6.41. The van der Waals surface area contributed by atoms with Gasteiger partial charge in [0.05, 0.1) is 0 Å². The number of hydrogen-bond donors (Lipinski definition) is 0. The van der Waals surface area contributed by atoms with Gasteiger partial charge in [0.2, 0.25) is 0 Å². The summed E-state index contributed by atoms with van der Waals surface area (Å²) in [5, 5.41) is 0. The maximum Gasteiger partial charge on any atom is 0 e. The summed E-state index contributed by atoms with van der Waals surface area (Å²) in [6.07, 6.45) is 15.0. The lowest BCUT2D eigenvalue weighted by Crippen LogP contribution is -1.59. The van der Waals surface area contributed by atoms with Crippen LogP contribution < -0.4 is 0 Å². The highest BCUT2D eigenvalue weighted by molar-refractivity contribution is 4.94. The zero-order valence-electron chi connectivity index (χ0n) is 11.4. The van der Waals surface area contributed by atoms with Gasteiger partial charge in [-0.3, -0.25) is 0 Å². The molecule has 0 saturated carbocycles. The summed E-state index contributed by atoms with van der Waals surface area (Å²) in [6, 6.07) is 0. The average molecular weight is 214 g/mol. The quantitative estimate of drug-likeness (QED) is 0.375. The van der Waals surface area contributed by atoms with Gasteiger partial charge in [-0.15, -0.1) is 0 Å². The van der Waals surface area contributed by atoms with Crippen LogP contribution in [-0.2, 0) is 0 Å². The second kappa shape index (κ2) is 29.2. The molecule has 0 spiro atoms. The van der Waals surface area contributed by atoms with Gasteiger partial charge in [-0.25, -0.2) is 0 Å². The Morgan fingerprint density at radius 3 is 1.53 bits per heavy atom. The number of hydrogen-bond acceptors (Lipinski definition) is 0. The molecule has 0 aliphatic heterocycles. The molecule has 0 aromatic rings. The van der Waals surface area contributed by atoms with Crippen LogP contribution in [0.3, 0.4) is 0 Å². The summed E-state index contributed by atoms with van der Waals surface area (Å²) in [6.45, 7) is 14.0. The monoisotopic (exact) mass is 214 g/mol. The summed E-state index contributed by atoms with van der Waals surface area (Å²) in [7, 11) is 0. The van der Waals surface area contributed by atoms with E-state index >= 15 is 0 Å². The van der Waals surface area contributed by atoms with Crippen molar-refractivity contribution in [2.75, 3.05) is 0 Å². The van der Waals surface area contributed by atoms with Crippen molar-refractivity contribution in [2.45, 2.75) is 60.3 Å². The molecular weight excluding hydrogens is 180 g/mol. The van der Waals surface area contributed by atoms with Gasteiger partial charge in [0.1, 0.15) is 0 Å². The molecule has 0 aromatic carbocycles. The predicted molar refractivity (Wildman–Crippen MR) is 79.5 cm³/mol. The van der Waals surface area contributed by atoms with Crippen molar-refractivity contribution in [1.29, 1.82) is 0 Å². The highest BCUT2D eigenvalue weighted by Crippen LogP contribution is 1.88. The van der Waals surface area contributed by atoms with E-state index in [1.807, 2.05) is 26.0 Å². The summed E-state index contributed by atoms with van der Waals surface area (Å²) in [5.74, 6) is 0. The third-order valence-electron chi connectivity index (χ3n) is 1.51. The lowest BCUT2D eigenvalue weighted by Gasteiger charge is -1.79. The second-order valence-corrected chi connectivity index (χ2v) is 3.09. The van der Waals surface area contributed by atoms with Crippen LogP contribution in [0.1, 0.15) is 63.2 Å². The molecule has 0 saturated heterocycles. The zero-order valence-corrected chi connectivity index (χ0v) is 11.4. The lowest BCUT2D eigenvalue weighted by molar-refractivity contribution is 0.772. The minimum Gasteiger partial charge on any atom is -0.0991 e. The molecule has 0 heterocycles. The van der Waals surface area contributed by atoms with E-state index in [1.165, 1.54) is 19.3 Å². The minimum atomic E-state index is 0. The van der Waals surface area contributed by atoms with Gasteiger partial charge in [-0.2, -0.15) is 0 Å². The molecule has 0 N–H and O–H groups in total. The van der Waals surface area contributed by atoms with Gasteiger partial charge >= 0.3 is 0 Å². The van der Waals surface area contributed by atoms with Gasteiger partial charge in [0.25, 0.3) is 0 Å². The van der Waals surface area contributed by atoms with Crippen molar-refractivity contribution >= 4 is 0 Å². The first-order chi connectivity index (χ1) is 7.24. The molecule has 0 atom stereocenters. The van der Waals surface area contributed by atoms with Crippen molar-refractivity contribution in [3.8, 4) is 0 Å². The molecule has 0 heteroatoms. The fourth-order valence-corrected chi connectivity index (χ4v) is 0.725. The Kier molecular flexibility index (Phi) is 38.5. The van der Waals surface area contributed by atoms with E-state index in [2.05, 4.69) is 39.5 Å². The Morgan fingerprint density at radius 2 is 1.53 bits per heavy atom. The van der Waals surface area contributed by atoms with Crippen molar-refractivity contribution in [1.82, 2.24) is 0 Å². The van der Waals surface area contributed by atoms with Crippen LogP contribution in [0.2, 0.25) is 0 Å². The van der Waals surface area contributed by atoms with Crippen LogP contribution in [0.4, 0.5) is 0 Å². The van der Waals surface area contributed by atoms with E-state index in [-0.39, 0.29) is 2.85 Å². The van der Waals surface area contributed by atoms with Crippen molar-refractivity contribution in [2.24, 2.45) is 0 Å². The molecule has 0 bridgehead atoms. The van der Waals surface area contributed by atoms with Crippen molar-refractivity contribution in [3.63, 3.8) is 0 Å². The van der Waals surface area contributed by atoms with E-state index in [0.717, 1.165) is 6.42 Å². The highest BCUT2D eigenvalue weighted by Gasteiger charge is 1.68. The Bertz CT molecular complexity index is 136. The maximum absolute atomic E-state index is 3.46. The summed E-state index contributed by atoms with van der Waals surface area (Å²) in [5.41, 5.74) is 0. The SMILES string of the molecule is C/C=C/CC.C=C/C=C/C.CCCCC.[HH].[HH]. The summed E-state index contributed by atoms with van der Waals surface area (Å²) >= 11 is 0. The first kappa shape index (κ1) is 19.7. The fraction of sp³-hybridized carbons (Fsp3) is 0.600. The highest BCUT2D eigenvalue weighted by atomic mass is 13.7. The van der Waals surface area contributed by atoms with Crippen molar-refractivity contribution < 1.29 is 2.85 Å². The molecule has 0 fully saturated rings. The topological polar surface area (TPSA) is 0 Å². The fourth-order valence-electron chi connectivity index (χ4n) is 0.725. The summed E-state index contributed by atoms with van der Waals surface area (Å²) < 4.78 is 0. The molecule has 0 rings (SSSR count). The molecule has 0 unspecified atom stereocenters. The third kappa shape index (κ3) is 61.1. The van der Waals surface area contributed by atoms with E-state index in [1.54, 1.807) is 6.08 Å². The first-order valence-electron chi connectivity index (χ1n) is 6.09. The number of unbranched alkanes of at least 4 members (excludes halogenated alkanes) is 2. The van der Waals surface area contributed by atoms with Gasteiger partial charge in [0.15, 0.2) is 0 Å². The number of rotatable bonds is 4. The Labute approximate surface area is 101 Å². The Hall–Kier alpha value is -0.780. The third-order valence-corrected chi connectivity index (χ3v) is 1.51. The molecule has 0 aromatic heterocycles. The van der Waals surface area contributed by atoms with Gasteiger partial charge < -0.3 is 0 Å². The largest absolute Gasteiger partial charge is 0.0991 e. The molecular formula is C15H34. The Balaban J connectivity index is -0.0000000400. The van der Waals surface area contributed by atoms with E-state index in [9.17, 15) is 0 Å². The summed E-state index contributed by atoms with van der Waals surface area (Å²) in [4.78, 5) is 0. The Morgan fingerprint density at radius 1 is 1.00 bits per heavy atom. The molecule has 94 valence electrons. The van der Waals surface area contributed by atoms with Crippen LogP contribution in [0.25, 0.3) is 0 Å². The molecule has 15 heavy (non-hydrogen) atoms. The smallest absolute Gasteiger partial charge is 0 e. The first-order valence-corrected chi connectivity index (χ1v) is 6.09. The molecule has 0 nitrogen and oxygen atoms in total. The van der Waals surface area contributed by atoms with E-state index in [4.69, 9.17) is 0 Å². The lowest BCUT2D eigenvalue weighted by atomic mass is 10.3. The molecule has 0 amide bonds. The zero-order chi connectivity index (χ0) is 12.4. The van der Waals surface area contributed by atoms with Crippen LogP contribution >= 0.6 is 0 Å². The van der Waals surface area contributed by atoms with Crippen LogP contribution in [-0.4, -0.2) is 0 Å². The van der Waals surface area contributed by atoms with E-state index < -0.39 is 0 Å². The van der Waals surface area contributed by atoms with E-state index in [0.29, 0.717) is 0 Å². The minimum absolute atomic E-state index is 0. The van der Waals surface area contributed by atoms with Crippen molar-refractivity contribution in [3.05, 3.63) is 37.0 Å². The number of allylic oxidation sites excluding steroid dienone is 5. The van der Waals surface area contributed by atoms with Gasteiger partial charge in [0, 0.05) is 2.85 Å². The van der Waals surface area contributed by atoms with Gasteiger partial charge in [-0.1, -0.05) is 77.0 Å². The normalized spacial score (nSPS) is 9.13. The van der Waals surface area contributed by atoms with Crippen LogP contribution in [0.15, 0.2) is 37.0 Å². The molecule has 0 aliphatic carbocycles. The van der Waals surface area contributed by atoms with Gasteiger partial charge in [-0.05, 0) is 20.3 Å². The van der Waals surface area contributed by atoms with Crippen LogP contribution in [0.5, 0.6) is 0 Å². The van der Waals surface area contributed by atoms with Crippen LogP contribution in [0, 0.1) is 0 Å². The standard InChI is InChI=1S/C5H12.C5H10.C5H8.2H2/c3*1-3-5-4-2;;/h3-5H2,1-2H3;3,5H,4H2,1-2H3;3-5H,1H2,2H3;2*1H/b;5-3+;5-4+;;. The molecule has 0 aliphatic rings.